The summed E-state index contributed by atoms with van der Waals surface area (Å²) in [7, 11) is 2.96. The zero-order valence-electron chi connectivity index (χ0n) is 19.1. The molecule has 1 saturated carbocycles. The van der Waals surface area contributed by atoms with Gasteiger partial charge in [-0.05, 0) is 36.0 Å². The summed E-state index contributed by atoms with van der Waals surface area (Å²) in [6.07, 6.45) is 0.905. The Kier molecular flexibility index (Phi) is 5.02. The predicted octanol–water partition coefficient (Wildman–Crippen LogP) is 3.78. The Morgan fingerprint density at radius 3 is 2.67 bits per heavy atom. The number of nitrogens with zero attached hydrogens (tertiary/aromatic N) is 8. The molecule has 10 nitrogen and oxygen atoms in total. The van der Waals surface area contributed by atoms with Crippen molar-refractivity contribution in [3.8, 4) is 23.1 Å². The molecular weight excluding hydrogens is 477 g/mol. The molecular formula is C23H19F3N8O2. The largest absolute Gasteiger partial charge is 0.480 e. The molecule has 0 spiro atoms. The van der Waals surface area contributed by atoms with E-state index in [1.807, 2.05) is 18.2 Å². The highest BCUT2D eigenvalue weighted by atomic mass is 19.4. The highest BCUT2D eigenvalue weighted by Gasteiger charge is 2.42. The Morgan fingerprint density at radius 2 is 1.89 bits per heavy atom. The second-order valence-electron chi connectivity index (χ2n) is 8.52. The van der Waals surface area contributed by atoms with Gasteiger partial charge in [0.05, 0.1) is 31.5 Å². The van der Waals surface area contributed by atoms with E-state index in [4.69, 9.17) is 9.47 Å². The number of hydrogen-bond acceptors (Lipinski definition) is 8. The fourth-order valence-corrected chi connectivity index (χ4v) is 4.55. The number of benzene rings is 1. The summed E-state index contributed by atoms with van der Waals surface area (Å²) in [4.78, 5) is 12.8. The molecule has 184 valence electrons. The van der Waals surface area contributed by atoms with Gasteiger partial charge in [-0.1, -0.05) is 12.1 Å². The molecule has 6 rings (SSSR count). The third-order valence-electron chi connectivity index (χ3n) is 6.28. The Bertz CT molecular complexity index is 1600. The van der Waals surface area contributed by atoms with Crippen LogP contribution in [-0.4, -0.2) is 60.0 Å². The fourth-order valence-electron chi connectivity index (χ4n) is 4.55. The highest BCUT2D eigenvalue weighted by Crippen LogP contribution is 2.56. The van der Waals surface area contributed by atoms with Crippen molar-refractivity contribution < 1.29 is 22.6 Å². The molecule has 36 heavy (non-hydrogen) atoms. The van der Waals surface area contributed by atoms with Gasteiger partial charge in [-0.25, -0.2) is 9.97 Å². The van der Waals surface area contributed by atoms with Crippen molar-refractivity contribution in [3.05, 3.63) is 54.1 Å². The minimum atomic E-state index is -4.35. The standard InChI is InChI=1S/C23H19F3N8O2/c1-35-21-17(9-27-22(31-21)36-2)18-7-16(20-28-11-30-34(20)32-18)15-6-14(15)12-3-4-13-8-29-33(19(13)5-12)10-23(24,25)26/h3-5,7-9,11,14-15H,6,10H2,1-2H3/t14-,15+/m1/s1. The summed E-state index contributed by atoms with van der Waals surface area (Å²) >= 11 is 0. The van der Waals surface area contributed by atoms with Crippen LogP contribution in [0.4, 0.5) is 13.2 Å². The van der Waals surface area contributed by atoms with E-state index in [1.54, 1.807) is 12.3 Å². The van der Waals surface area contributed by atoms with Crippen molar-refractivity contribution in [1.29, 1.82) is 0 Å². The third-order valence-corrected chi connectivity index (χ3v) is 6.28. The fraction of sp³-hybridized carbons (Fsp3) is 0.304. The van der Waals surface area contributed by atoms with Crippen LogP contribution in [0.5, 0.6) is 11.9 Å². The normalized spacial score (nSPS) is 17.6. The van der Waals surface area contributed by atoms with Crippen LogP contribution < -0.4 is 9.47 Å². The van der Waals surface area contributed by atoms with E-state index in [2.05, 4.69) is 30.2 Å². The first-order chi connectivity index (χ1) is 17.3. The predicted molar refractivity (Wildman–Crippen MR) is 121 cm³/mol. The Labute approximate surface area is 201 Å². The monoisotopic (exact) mass is 496 g/mol. The van der Waals surface area contributed by atoms with Gasteiger partial charge < -0.3 is 9.47 Å². The molecule has 5 aromatic rings. The number of rotatable bonds is 6. The molecule has 4 aromatic heterocycles. The topological polar surface area (TPSA) is 105 Å². The smallest absolute Gasteiger partial charge is 0.408 e. The first-order valence-electron chi connectivity index (χ1n) is 11.0. The lowest BCUT2D eigenvalue weighted by atomic mass is 10.0. The van der Waals surface area contributed by atoms with Crippen molar-refractivity contribution >= 4 is 16.6 Å². The van der Waals surface area contributed by atoms with E-state index in [1.165, 1.54) is 31.4 Å². The molecule has 1 fully saturated rings. The van der Waals surface area contributed by atoms with Gasteiger partial charge in [0.25, 0.3) is 0 Å². The summed E-state index contributed by atoms with van der Waals surface area (Å²) in [5.74, 6) is 0.490. The summed E-state index contributed by atoms with van der Waals surface area (Å²) in [6.45, 7) is -1.13. The summed E-state index contributed by atoms with van der Waals surface area (Å²) < 4.78 is 51.9. The molecule has 1 aliphatic carbocycles. The van der Waals surface area contributed by atoms with Crippen LogP contribution in [0.15, 0.2) is 43.0 Å². The van der Waals surface area contributed by atoms with Gasteiger partial charge in [0.15, 0.2) is 5.65 Å². The second-order valence-corrected chi connectivity index (χ2v) is 8.52. The van der Waals surface area contributed by atoms with Crippen molar-refractivity contribution in [2.24, 2.45) is 0 Å². The first-order valence-corrected chi connectivity index (χ1v) is 11.0. The van der Waals surface area contributed by atoms with Gasteiger partial charge in [0.2, 0.25) is 5.88 Å². The van der Waals surface area contributed by atoms with Crippen LogP contribution in [0.3, 0.4) is 0 Å². The van der Waals surface area contributed by atoms with Crippen LogP contribution in [0.25, 0.3) is 27.8 Å². The van der Waals surface area contributed by atoms with Crippen molar-refractivity contribution in [1.82, 2.24) is 39.6 Å². The first kappa shape index (κ1) is 22.2. The molecule has 0 amide bonds. The molecule has 2 atom stereocenters. The molecule has 0 bridgehead atoms. The van der Waals surface area contributed by atoms with Crippen molar-refractivity contribution in [3.63, 3.8) is 0 Å². The number of alkyl halides is 3. The maximum absolute atomic E-state index is 13.0. The Hall–Kier alpha value is -4.29. The molecule has 1 aromatic carbocycles. The van der Waals surface area contributed by atoms with E-state index >= 15 is 0 Å². The van der Waals surface area contributed by atoms with E-state index in [0.717, 1.165) is 22.2 Å². The minimum Gasteiger partial charge on any atom is -0.480 e. The molecule has 0 aliphatic heterocycles. The quantitative estimate of drug-likeness (QED) is 0.350. The molecule has 0 saturated heterocycles. The molecule has 0 unspecified atom stereocenters. The maximum Gasteiger partial charge on any atom is 0.408 e. The van der Waals surface area contributed by atoms with Gasteiger partial charge >= 0.3 is 12.2 Å². The number of fused-ring (bicyclic) bond motifs is 2. The molecule has 13 heteroatoms. The number of methoxy groups -OCH3 is 2. The molecule has 0 radical (unpaired) electrons. The number of aromatic nitrogens is 8. The van der Waals surface area contributed by atoms with Crippen LogP contribution in [0.2, 0.25) is 0 Å². The van der Waals surface area contributed by atoms with Crippen LogP contribution in [0.1, 0.15) is 29.4 Å². The number of halogens is 3. The minimum absolute atomic E-state index is 0.0834. The highest BCUT2D eigenvalue weighted by molar-refractivity contribution is 5.80. The second kappa shape index (κ2) is 8.14. The SMILES string of the molecule is COc1ncc(-c2cc([C@H]3C[C@@H]3c3ccc4cnn(CC(F)(F)F)c4c3)c3ncnn3n2)c(OC)n1. The van der Waals surface area contributed by atoms with Gasteiger partial charge in [0, 0.05) is 17.1 Å². The Morgan fingerprint density at radius 1 is 1.03 bits per heavy atom. The lowest BCUT2D eigenvalue weighted by molar-refractivity contribution is -0.141. The van der Waals surface area contributed by atoms with E-state index in [0.29, 0.717) is 33.7 Å². The lowest BCUT2D eigenvalue weighted by Crippen LogP contribution is -2.18. The van der Waals surface area contributed by atoms with Crippen LogP contribution in [0, 0.1) is 0 Å². The maximum atomic E-state index is 13.0. The average Bonchev–Trinajstić information content (AvgIpc) is 3.35. The van der Waals surface area contributed by atoms with Crippen molar-refractivity contribution in [2.75, 3.05) is 14.2 Å². The lowest BCUT2D eigenvalue weighted by Gasteiger charge is -2.10. The van der Waals surface area contributed by atoms with Gasteiger partial charge in [-0.3, -0.25) is 4.68 Å². The third kappa shape index (κ3) is 3.85. The summed E-state index contributed by atoms with van der Waals surface area (Å²) in [5.41, 5.74) is 4.04. The van der Waals surface area contributed by atoms with Crippen LogP contribution >= 0.6 is 0 Å². The van der Waals surface area contributed by atoms with E-state index in [-0.39, 0.29) is 17.8 Å². The summed E-state index contributed by atoms with van der Waals surface area (Å²) in [5, 5.41) is 13.3. The number of ether oxygens (including phenoxy) is 2. The molecule has 4 heterocycles. The van der Waals surface area contributed by atoms with E-state index < -0.39 is 12.7 Å². The van der Waals surface area contributed by atoms with Gasteiger partial charge in [-0.2, -0.15) is 23.3 Å². The van der Waals surface area contributed by atoms with Gasteiger partial charge in [0.1, 0.15) is 18.6 Å². The molecule has 1 aliphatic rings. The Balaban J connectivity index is 1.37. The van der Waals surface area contributed by atoms with Crippen molar-refractivity contribution in [2.45, 2.75) is 31.0 Å². The van der Waals surface area contributed by atoms with Gasteiger partial charge in [-0.15, -0.1) is 14.8 Å². The average molecular weight is 496 g/mol. The zero-order valence-corrected chi connectivity index (χ0v) is 19.1. The zero-order chi connectivity index (χ0) is 25.0. The number of hydrogen-bond donors (Lipinski definition) is 0. The van der Waals surface area contributed by atoms with E-state index in [9.17, 15) is 13.2 Å². The van der Waals surface area contributed by atoms with Crippen LogP contribution in [-0.2, 0) is 6.54 Å². The molecule has 0 N–H and O–H groups in total. The summed E-state index contributed by atoms with van der Waals surface area (Å²) in [6, 6.07) is 7.62.